The van der Waals surface area contributed by atoms with E-state index < -0.39 is 23.2 Å². The van der Waals surface area contributed by atoms with Crippen LogP contribution in [0.25, 0.3) is 0 Å². The lowest BCUT2D eigenvalue weighted by molar-refractivity contribution is -0.137. The molecule has 2 atom stereocenters. The summed E-state index contributed by atoms with van der Waals surface area (Å²) in [5, 5.41) is 2.96. The van der Waals surface area contributed by atoms with E-state index in [-0.39, 0.29) is 42.4 Å². The maximum Gasteiger partial charge on any atom is 0.325 e. The van der Waals surface area contributed by atoms with Crippen molar-refractivity contribution in [3.8, 4) is 0 Å². The number of likely N-dealkylation sites (tertiary alicyclic amines) is 1. The van der Waals surface area contributed by atoms with Crippen molar-refractivity contribution >= 4 is 17.8 Å². The summed E-state index contributed by atoms with van der Waals surface area (Å²) in [6.45, 7) is 1.52. The molecule has 0 saturated carbocycles. The Morgan fingerprint density at radius 3 is 2.50 bits per heavy atom. The zero-order valence-electron chi connectivity index (χ0n) is 19.8. The number of urea groups is 1. The third-order valence-electron chi connectivity index (χ3n) is 7.35. The zero-order chi connectivity index (χ0) is 25.3. The summed E-state index contributed by atoms with van der Waals surface area (Å²) in [6, 6.07) is 7.88. The van der Waals surface area contributed by atoms with Crippen LogP contribution in [0.2, 0.25) is 0 Å². The number of pyridine rings is 1. The van der Waals surface area contributed by atoms with Crippen LogP contribution < -0.4 is 5.32 Å². The molecule has 0 spiro atoms. The highest BCUT2D eigenvalue weighted by atomic mass is 19.1. The van der Waals surface area contributed by atoms with Crippen LogP contribution in [0, 0.1) is 17.6 Å². The summed E-state index contributed by atoms with van der Waals surface area (Å²) in [5.74, 6) is -2.32. The molecule has 2 unspecified atom stereocenters. The molecule has 8 nitrogen and oxygen atoms in total. The summed E-state index contributed by atoms with van der Waals surface area (Å²) in [4.78, 5) is 47.0. The van der Waals surface area contributed by atoms with Crippen LogP contribution in [-0.4, -0.2) is 65.0 Å². The van der Waals surface area contributed by atoms with E-state index in [4.69, 9.17) is 4.74 Å². The first-order chi connectivity index (χ1) is 17.4. The van der Waals surface area contributed by atoms with Crippen molar-refractivity contribution in [3.63, 3.8) is 0 Å². The number of nitrogens with one attached hydrogen (secondary N) is 1. The molecule has 5 rings (SSSR count). The molecule has 4 heterocycles. The smallest absolute Gasteiger partial charge is 0.325 e. The van der Waals surface area contributed by atoms with Crippen LogP contribution in [0.5, 0.6) is 0 Å². The fourth-order valence-corrected chi connectivity index (χ4v) is 5.57. The van der Waals surface area contributed by atoms with Crippen molar-refractivity contribution in [1.29, 1.82) is 0 Å². The Kier molecular flexibility index (Phi) is 6.70. The maximum absolute atomic E-state index is 13.8. The number of imide groups is 1. The first kappa shape index (κ1) is 24.3. The Bertz CT molecular complexity index is 1130. The highest BCUT2D eigenvalue weighted by Crippen LogP contribution is 2.41. The van der Waals surface area contributed by atoms with Crippen LogP contribution in [0.1, 0.15) is 36.9 Å². The predicted octanol–water partition coefficient (Wildman–Crippen LogP) is 2.77. The topological polar surface area (TPSA) is 91.8 Å². The molecule has 4 amide bonds. The van der Waals surface area contributed by atoms with Crippen LogP contribution in [0.3, 0.4) is 0 Å². The molecule has 3 fully saturated rings. The number of amides is 4. The van der Waals surface area contributed by atoms with Crippen molar-refractivity contribution in [1.82, 2.24) is 20.1 Å². The maximum atomic E-state index is 13.8. The van der Waals surface area contributed by atoms with E-state index in [1.807, 2.05) is 0 Å². The van der Waals surface area contributed by atoms with Crippen molar-refractivity contribution in [2.75, 3.05) is 26.2 Å². The number of ether oxygens (including phenoxy) is 1. The molecule has 36 heavy (non-hydrogen) atoms. The second kappa shape index (κ2) is 9.93. The molecule has 2 aromatic rings. The summed E-state index contributed by atoms with van der Waals surface area (Å²) < 4.78 is 32.7. The number of nitrogens with zero attached hydrogens (tertiary/aromatic N) is 3. The van der Waals surface area contributed by atoms with Crippen LogP contribution in [0.15, 0.2) is 42.6 Å². The van der Waals surface area contributed by atoms with Gasteiger partial charge in [-0.05, 0) is 55.5 Å². The summed E-state index contributed by atoms with van der Waals surface area (Å²) in [5.41, 5.74) is -0.580. The number of carbonyl (C=O) groups excluding carboxylic acids is 3. The van der Waals surface area contributed by atoms with Crippen molar-refractivity contribution in [2.24, 2.45) is 5.92 Å². The van der Waals surface area contributed by atoms with E-state index >= 15 is 0 Å². The highest BCUT2D eigenvalue weighted by Gasteiger charge is 2.58. The molecule has 3 aliphatic rings. The fraction of sp³-hybridized carbons (Fsp3) is 0.462. The number of hydrogen-bond donors (Lipinski definition) is 1. The highest BCUT2D eigenvalue weighted by molar-refractivity contribution is 6.07. The molecular weight excluding hydrogens is 470 g/mol. The van der Waals surface area contributed by atoms with Crippen LogP contribution in [-0.2, 0) is 26.3 Å². The first-order valence-electron chi connectivity index (χ1n) is 12.3. The third-order valence-corrected chi connectivity index (χ3v) is 7.35. The van der Waals surface area contributed by atoms with Crippen molar-refractivity contribution < 1.29 is 27.9 Å². The van der Waals surface area contributed by atoms with Gasteiger partial charge in [0.15, 0.2) is 5.54 Å². The number of benzene rings is 1. The van der Waals surface area contributed by atoms with Gasteiger partial charge in [0.1, 0.15) is 11.6 Å². The number of hydrogen-bond acceptors (Lipinski definition) is 5. The number of halogens is 2. The predicted molar refractivity (Wildman–Crippen MR) is 124 cm³/mol. The Balaban J connectivity index is 1.33. The van der Waals surface area contributed by atoms with Crippen LogP contribution in [0.4, 0.5) is 13.6 Å². The third kappa shape index (κ3) is 4.57. The van der Waals surface area contributed by atoms with E-state index in [9.17, 15) is 23.2 Å². The van der Waals surface area contributed by atoms with Crippen LogP contribution >= 0.6 is 0 Å². The molecule has 3 aliphatic heterocycles. The minimum atomic E-state index is -1.32. The number of aromatic nitrogens is 1. The molecule has 0 radical (unpaired) electrons. The average Bonchev–Trinajstić information content (AvgIpc) is 3.47. The summed E-state index contributed by atoms with van der Waals surface area (Å²) in [7, 11) is 0. The lowest BCUT2D eigenvalue weighted by Crippen LogP contribution is -2.55. The van der Waals surface area contributed by atoms with Gasteiger partial charge in [-0.15, -0.1) is 0 Å². The van der Waals surface area contributed by atoms with E-state index in [1.54, 1.807) is 29.3 Å². The van der Waals surface area contributed by atoms with Gasteiger partial charge in [-0.3, -0.25) is 19.5 Å². The number of rotatable bonds is 6. The van der Waals surface area contributed by atoms with Gasteiger partial charge >= 0.3 is 6.03 Å². The Morgan fingerprint density at radius 1 is 1.11 bits per heavy atom. The minimum Gasteiger partial charge on any atom is -0.376 e. The number of carbonyl (C=O) groups is 3. The zero-order valence-corrected chi connectivity index (χ0v) is 19.8. The molecule has 0 bridgehead atoms. The van der Waals surface area contributed by atoms with E-state index in [1.165, 1.54) is 4.90 Å². The molecule has 190 valence electrons. The van der Waals surface area contributed by atoms with Gasteiger partial charge in [0.25, 0.3) is 5.91 Å². The molecular formula is C26H28F2N4O4. The lowest BCUT2D eigenvalue weighted by Gasteiger charge is -2.40. The van der Waals surface area contributed by atoms with Gasteiger partial charge in [0.2, 0.25) is 5.91 Å². The second-order valence-electron chi connectivity index (χ2n) is 9.61. The van der Waals surface area contributed by atoms with E-state index in [0.29, 0.717) is 38.2 Å². The Morgan fingerprint density at radius 2 is 1.86 bits per heavy atom. The normalized spacial score (nSPS) is 24.9. The van der Waals surface area contributed by atoms with Gasteiger partial charge in [-0.1, -0.05) is 6.07 Å². The Hall–Kier alpha value is -3.40. The minimum absolute atomic E-state index is 0.116. The largest absolute Gasteiger partial charge is 0.376 e. The van der Waals surface area contributed by atoms with Crippen molar-refractivity contribution in [3.05, 3.63) is 65.5 Å². The lowest BCUT2D eigenvalue weighted by atomic mass is 9.75. The van der Waals surface area contributed by atoms with Gasteiger partial charge in [-0.2, -0.15) is 0 Å². The molecule has 10 heteroatoms. The Labute approximate surface area is 207 Å². The van der Waals surface area contributed by atoms with Gasteiger partial charge < -0.3 is 15.0 Å². The second-order valence-corrected chi connectivity index (χ2v) is 9.61. The summed E-state index contributed by atoms with van der Waals surface area (Å²) in [6.07, 6.45) is 3.91. The molecule has 1 aromatic carbocycles. The van der Waals surface area contributed by atoms with Crippen molar-refractivity contribution in [2.45, 2.75) is 43.7 Å². The van der Waals surface area contributed by atoms with E-state index in [0.717, 1.165) is 31.0 Å². The monoisotopic (exact) mass is 498 g/mol. The van der Waals surface area contributed by atoms with E-state index in [2.05, 4.69) is 10.3 Å². The standard InChI is InChI=1S/C26H28F2N4O4/c27-19-12-17(13-20(28)15-19)14-23(33)31-9-6-18(7-10-31)26(22-5-1-2-8-29-22)24(34)32(25(35)30-26)16-21-4-3-11-36-21/h1-2,5,8,12-13,15,18,21H,3-4,6-7,9-11,14,16H2,(H,30,35). The van der Waals surface area contributed by atoms with Gasteiger partial charge in [0, 0.05) is 37.9 Å². The summed E-state index contributed by atoms with van der Waals surface area (Å²) >= 11 is 0. The quantitative estimate of drug-likeness (QED) is 0.619. The molecule has 1 aromatic heterocycles. The average molecular weight is 499 g/mol. The van der Waals surface area contributed by atoms with Gasteiger partial charge in [-0.25, -0.2) is 13.6 Å². The SMILES string of the molecule is O=C(Cc1cc(F)cc(F)c1)N1CCC(C2(c3ccccn3)NC(=O)N(CC3CCCO3)C2=O)CC1. The van der Waals surface area contributed by atoms with Gasteiger partial charge in [0.05, 0.1) is 24.8 Å². The fourth-order valence-electron chi connectivity index (χ4n) is 5.57. The molecule has 1 N–H and O–H groups in total. The first-order valence-corrected chi connectivity index (χ1v) is 12.3. The molecule has 3 saturated heterocycles. The number of piperidine rings is 1. The molecule has 0 aliphatic carbocycles.